The average molecular weight is 561 g/mol. The maximum atomic E-state index is 12.5. The molecule has 40 heavy (non-hydrogen) atoms. The Kier molecular flexibility index (Phi) is 8.32. The first kappa shape index (κ1) is 27.6. The van der Waals surface area contributed by atoms with E-state index in [2.05, 4.69) is 41.8 Å². The molecule has 3 aromatic heterocycles. The number of fused-ring (bicyclic) bond motifs is 2. The van der Waals surface area contributed by atoms with Gasteiger partial charge in [0.15, 0.2) is 5.65 Å². The van der Waals surface area contributed by atoms with Gasteiger partial charge in [0.2, 0.25) is 11.9 Å². The normalized spacial score (nSPS) is 12.9. The monoisotopic (exact) mass is 560 g/mol. The fourth-order valence-electron chi connectivity index (χ4n) is 4.75. The van der Waals surface area contributed by atoms with Crippen LogP contribution in [-0.2, 0) is 17.8 Å². The second kappa shape index (κ2) is 12.1. The van der Waals surface area contributed by atoms with Crippen LogP contribution in [0.4, 0.5) is 28.8 Å². The van der Waals surface area contributed by atoms with Crippen LogP contribution in [0.1, 0.15) is 23.8 Å². The number of nitrogens with zero attached hydrogens (tertiary/aromatic N) is 6. The van der Waals surface area contributed by atoms with Gasteiger partial charge in [0.25, 0.3) is 0 Å². The number of carbonyl (C=O) groups excluding carboxylic acids is 1. The van der Waals surface area contributed by atoms with E-state index >= 15 is 0 Å². The first-order chi connectivity index (χ1) is 19.4. The zero-order chi connectivity index (χ0) is 28.2. The highest BCUT2D eigenvalue weighted by atomic mass is 32.1. The number of rotatable bonds is 10. The molecule has 4 heterocycles. The molecule has 0 fully saturated rings. The lowest BCUT2D eigenvalue weighted by atomic mass is 10.1. The van der Waals surface area contributed by atoms with Crippen LogP contribution in [0, 0.1) is 0 Å². The maximum Gasteiger partial charge on any atom is 0.231 e. The molecule has 1 aromatic carbocycles. The Bertz CT molecular complexity index is 1500. The van der Waals surface area contributed by atoms with Gasteiger partial charge in [-0.3, -0.25) is 4.79 Å². The molecule has 0 atom stereocenters. The van der Waals surface area contributed by atoms with E-state index in [1.54, 1.807) is 13.3 Å². The lowest BCUT2D eigenvalue weighted by molar-refractivity contribution is -0.115. The van der Waals surface area contributed by atoms with E-state index in [0.29, 0.717) is 35.1 Å². The van der Waals surface area contributed by atoms with Crippen LogP contribution in [0.2, 0.25) is 0 Å². The van der Waals surface area contributed by atoms with Crippen molar-refractivity contribution in [1.29, 1.82) is 0 Å². The SMILES string of the molecule is CCC(=O)Nc1cc(Nc2nc(N3CCc4sccc4C3)c3cccnc3n2)c(OC)cc1N(C)CCN(C)C. The summed E-state index contributed by atoms with van der Waals surface area (Å²) in [5.41, 5.74) is 4.17. The second-order valence-corrected chi connectivity index (χ2v) is 11.1. The zero-order valence-corrected chi connectivity index (χ0v) is 24.5. The summed E-state index contributed by atoms with van der Waals surface area (Å²) in [5, 5.41) is 9.49. The third-order valence-electron chi connectivity index (χ3n) is 7.01. The molecule has 0 unspecified atom stereocenters. The number of thiophene rings is 1. The number of hydrogen-bond donors (Lipinski definition) is 2. The number of carbonyl (C=O) groups is 1. The quantitative estimate of drug-likeness (QED) is 0.285. The Hall–Kier alpha value is -3.96. The maximum absolute atomic E-state index is 12.5. The van der Waals surface area contributed by atoms with E-state index in [-0.39, 0.29) is 5.91 Å². The molecule has 1 aliphatic rings. The third kappa shape index (κ3) is 5.95. The number of hydrogen-bond acceptors (Lipinski definition) is 10. The van der Waals surface area contributed by atoms with Crippen LogP contribution in [0.5, 0.6) is 5.75 Å². The summed E-state index contributed by atoms with van der Waals surface area (Å²) in [6.07, 6.45) is 3.10. The second-order valence-electron chi connectivity index (χ2n) is 10.1. The van der Waals surface area contributed by atoms with Gasteiger partial charge in [-0.15, -0.1) is 11.3 Å². The molecule has 5 rings (SSSR count). The van der Waals surface area contributed by atoms with Crippen molar-refractivity contribution in [2.75, 3.05) is 68.3 Å². The van der Waals surface area contributed by atoms with E-state index < -0.39 is 0 Å². The third-order valence-corrected chi connectivity index (χ3v) is 8.03. The van der Waals surface area contributed by atoms with Crippen LogP contribution >= 0.6 is 11.3 Å². The van der Waals surface area contributed by atoms with E-state index in [0.717, 1.165) is 49.5 Å². The first-order valence-electron chi connectivity index (χ1n) is 13.4. The van der Waals surface area contributed by atoms with Crippen molar-refractivity contribution >= 4 is 57.1 Å². The van der Waals surface area contributed by atoms with Gasteiger partial charge < -0.3 is 30.1 Å². The Morgan fingerprint density at radius 2 is 2.00 bits per heavy atom. The van der Waals surface area contributed by atoms with Crippen LogP contribution in [0.15, 0.2) is 41.9 Å². The number of pyridine rings is 1. The van der Waals surface area contributed by atoms with E-state index in [1.165, 1.54) is 10.4 Å². The minimum absolute atomic E-state index is 0.0651. The molecular formula is C29H36N8O2S. The molecule has 10 nitrogen and oxygen atoms in total. The summed E-state index contributed by atoms with van der Waals surface area (Å²) in [5.74, 6) is 1.81. The largest absolute Gasteiger partial charge is 0.494 e. The molecule has 2 N–H and O–H groups in total. The molecule has 0 radical (unpaired) electrons. The molecule has 0 spiro atoms. The molecule has 1 aliphatic heterocycles. The Balaban J connectivity index is 1.53. The number of nitrogens with one attached hydrogen (secondary N) is 2. The summed E-state index contributed by atoms with van der Waals surface area (Å²) in [6, 6.07) is 9.95. The summed E-state index contributed by atoms with van der Waals surface area (Å²) < 4.78 is 5.79. The number of anilines is 5. The Morgan fingerprint density at radius 3 is 2.77 bits per heavy atom. The van der Waals surface area contributed by atoms with Gasteiger partial charge in [-0.1, -0.05) is 6.92 Å². The fourth-order valence-corrected chi connectivity index (χ4v) is 5.64. The number of benzene rings is 1. The van der Waals surface area contributed by atoms with Crippen LogP contribution < -0.4 is 25.2 Å². The highest BCUT2D eigenvalue weighted by molar-refractivity contribution is 7.10. The molecule has 11 heteroatoms. The van der Waals surface area contributed by atoms with Gasteiger partial charge in [0.05, 0.1) is 29.6 Å². The minimum Gasteiger partial charge on any atom is -0.494 e. The molecule has 0 saturated carbocycles. The number of methoxy groups -OCH3 is 1. The summed E-state index contributed by atoms with van der Waals surface area (Å²) in [7, 11) is 7.72. The number of amides is 1. The van der Waals surface area contributed by atoms with Crippen LogP contribution in [0.3, 0.4) is 0 Å². The van der Waals surface area contributed by atoms with E-state index in [9.17, 15) is 4.79 Å². The smallest absolute Gasteiger partial charge is 0.231 e. The van der Waals surface area contributed by atoms with Crippen molar-refractivity contribution in [2.24, 2.45) is 0 Å². The predicted octanol–water partition coefficient (Wildman–Crippen LogP) is 4.75. The minimum atomic E-state index is -0.0651. The van der Waals surface area contributed by atoms with Gasteiger partial charge in [0.1, 0.15) is 11.6 Å². The van der Waals surface area contributed by atoms with Gasteiger partial charge >= 0.3 is 0 Å². The molecule has 0 bridgehead atoms. The molecule has 210 valence electrons. The molecule has 0 aliphatic carbocycles. The summed E-state index contributed by atoms with van der Waals surface area (Å²) in [6.45, 7) is 5.15. The standard InChI is InChI=1S/C29H36N8O2S/c1-6-26(38)31-21-16-22(24(39-5)17-23(21)36(4)14-13-35(2)3)32-29-33-27-20(8-7-11-30-27)28(34-29)37-12-9-25-19(18-37)10-15-40-25/h7-8,10-11,15-17H,6,9,12-14,18H2,1-5H3,(H,31,38)(H,30,32,33,34). The first-order valence-corrected chi connectivity index (χ1v) is 14.3. The highest BCUT2D eigenvalue weighted by Gasteiger charge is 2.23. The van der Waals surface area contributed by atoms with Gasteiger partial charge in [-0.2, -0.15) is 9.97 Å². The van der Waals surface area contributed by atoms with Crippen molar-refractivity contribution < 1.29 is 9.53 Å². The number of aromatic nitrogens is 3. The van der Waals surface area contributed by atoms with Crippen molar-refractivity contribution in [1.82, 2.24) is 19.9 Å². The average Bonchev–Trinajstić information content (AvgIpc) is 3.43. The van der Waals surface area contributed by atoms with Gasteiger partial charge in [-0.25, -0.2) is 4.98 Å². The van der Waals surface area contributed by atoms with Crippen LogP contribution in [0.25, 0.3) is 11.0 Å². The van der Waals surface area contributed by atoms with E-state index in [1.807, 2.05) is 63.7 Å². The van der Waals surface area contributed by atoms with Crippen LogP contribution in [-0.4, -0.2) is 73.6 Å². The summed E-state index contributed by atoms with van der Waals surface area (Å²) >= 11 is 1.82. The predicted molar refractivity (Wildman–Crippen MR) is 163 cm³/mol. The lowest BCUT2D eigenvalue weighted by Crippen LogP contribution is -2.30. The van der Waals surface area contributed by atoms with Crippen molar-refractivity contribution in [3.63, 3.8) is 0 Å². The molecule has 1 amide bonds. The van der Waals surface area contributed by atoms with Crippen molar-refractivity contribution in [2.45, 2.75) is 26.3 Å². The topological polar surface area (TPSA) is 98.8 Å². The summed E-state index contributed by atoms with van der Waals surface area (Å²) in [4.78, 5) is 34.7. The molecular weight excluding hydrogens is 524 g/mol. The van der Waals surface area contributed by atoms with E-state index in [4.69, 9.17) is 14.7 Å². The zero-order valence-electron chi connectivity index (χ0n) is 23.7. The van der Waals surface area contributed by atoms with Crippen molar-refractivity contribution in [3.8, 4) is 5.75 Å². The number of ether oxygens (including phenoxy) is 1. The fraction of sp³-hybridized carbons (Fsp3) is 0.379. The molecule has 0 saturated heterocycles. The van der Waals surface area contributed by atoms with Crippen molar-refractivity contribution in [3.05, 3.63) is 52.3 Å². The van der Waals surface area contributed by atoms with Gasteiger partial charge in [0, 0.05) is 56.8 Å². The van der Waals surface area contributed by atoms with Gasteiger partial charge in [-0.05, 0) is 55.7 Å². The highest BCUT2D eigenvalue weighted by Crippen LogP contribution is 2.39. The molecule has 4 aromatic rings. The Morgan fingerprint density at radius 1 is 1.15 bits per heavy atom. The number of likely N-dealkylation sites (N-methyl/N-ethyl adjacent to an activating group) is 2. The Labute approximate surface area is 239 Å². The lowest BCUT2D eigenvalue weighted by Gasteiger charge is -2.29.